The van der Waals surface area contributed by atoms with E-state index in [0.717, 1.165) is 94.2 Å². The van der Waals surface area contributed by atoms with Crippen LogP contribution < -0.4 is 0 Å². The van der Waals surface area contributed by atoms with Gasteiger partial charge in [-0.3, -0.25) is 0 Å². The van der Waals surface area contributed by atoms with Gasteiger partial charge >= 0.3 is 0 Å². The van der Waals surface area contributed by atoms with Crippen LogP contribution in [0.4, 0.5) is 0 Å². The van der Waals surface area contributed by atoms with Crippen LogP contribution in [0.3, 0.4) is 0 Å². The number of hydrogen-bond donors (Lipinski definition) is 0. The highest BCUT2D eigenvalue weighted by Crippen LogP contribution is 2.44. The second kappa shape index (κ2) is 17.6. The molecule has 0 unspecified atom stereocenters. The summed E-state index contributed by atoms with van der Waals surface area (Å²) >= 11 is 0. The maximum atomic E-state index is 7.20. The average Bonchev–Trinajstić information content (AvgIpc) is 3.06. The summed E-state index contributed by atoms with van der Waals surface area (Å²) in [4.78, 5) is 15.2. The number of rotatable bonds is 7. The molecule has 6 heterocycles. The van der Waals surface area contributed by atoms with Crippen LogP contribution in [0.5, 0.6) is 0 Å². The lowest BCUT2D eigenvalue weighted by atomic mass is 10.1. The normalized spacial score (nSPS) is 12.1. The first-order valence-electron chi connectivity index (χ1n) is 28.1. The van der Waals surface area contributed by atoms with E-state index in [1.165, 1.54) is 54.4 Å². The Hall–Kier alpha value is -11.4. The average molecular weight is 1060 g/mol. The van der Waals surface area contributed by atoms with Crippen molar-refractivity contribution in [3.63, 3.8) is 0 Å². The third-order valence-electron chi connectivity index (χ3n) is 17.0. The quantitative estimate of drug-likeness (QED) is 0.159. The molecule has 0 fully saturated rings. The van der Waals surface area contributed by atoms with E-state index < -0.39 is 0 Å². The lowest BCUT2D eigenvalue weighted by Crippen LogP contribution is -2.00. The van der Waals surface area contributed by atoms with Crippen LogP contribution in [-0.2, 0) is 0 Å². The van der Waals surface area contributed by atoms with Crippen LogP contribution in [-0.4, -0.2) is 33.2 Å². The minimum atomic E-state index is 0.546. The fourth-order valence-corrected chi connectivity index (χ4v) is 13.4. The molecule has 8 heteroatoms. The molecular formula is C75H45N7O. The summed E-state index contributed by atoms with van der Waals surface area (Å²) in [7, 11) is 0. The van der Waals surface area contributed by atoms with Crippen LogP contribution in [0.2, 0.25) is 0 Å². The summed E-state index contributed by atoms with van der Waals surface area (Å²) in [5, 5.41) is 11.6. The van der Waals surface area contributed by atoms with Crippen molar-refractivity contribution in [3.8, 4) is 56.9 Å². The van der Waals surface area contributed by atoms with Crippen molar-refractivity contribution >= 4 is 109 Å². The molecule has 12 aromatic carbocycles. The van der Waals surface area contributed by atoms with E-state index in [2.05, 4.69) is 231 Å². The number of para-hydroxylation sites is 7. The molecule has 8 nitrogen and oxygen atoms in total. The van der Waals surface area contributed by atoms with Crippen LogP contribution >= 0.6 is 0 Å². The van der Waals surface area contributed by atoms with Crippen LogP contribution in [0, 0.1) is 0 Å². The third kappa shape index (κ3) is 6.72. The minimum Gasteiger partial charge on any atom is -0.453 e. The molecule has 0 atom stereocenters. The van der Waals surface area contributed by atoms with E-state index >= 15 is 0 Å². The van der Waals surface area contributed by atoms with Crippen LogP contribution in [0.1, 0.15) is 0 Å². The molecule has 18 rings (SSSR count). The molecule has 0 aliphatic rings. The molecule has 0 amide bonds. The Bertz CT molecular complexity index is 5370. The first-order chi connectivity index (χ1) is 41.2. The Labute approximate surface area is 474 Å². The highest BCUT2D eigenvalue weighted by molar-refractivity contribution is 6.17. The molecule has 0 saturated carbocycles. The molecule has 0 spiro atoms. The zero-order valence-corrected chi connectivity index (χ0v) is 44.5. The Morgan fingerprint density at radius 1 is 0.229 bits per heavy atom. The zero-order chi connectivity index (χ0) is 54.3. The first-order valence-corrected chi connectivity index (χ1v) is 28.1. The molecule has 0 aliphatic heterocycles. The number of benzene rings is 12. The number of furan rings is 1. The van der Waals surface area contributed by atoms with Gasteiger partial charge < -0.3 is 22.7 Å². The Morgan fingerprint density at radius 3 is 1.01 bits per heavy atom. The Kier molecular flexibility index (Phi) is 9.64. The van der Waals surface area contributed by atoms with Crippen molar-refractivity contribution in [3.05, 3.63) is 273 Å². The summed E-state index contributed by atoms with van der Waals surface area (Å²) < 4.78 is 16.9. The largest absolute Gasteiger partial charge is 0.453 e. The summed E-state index contributed by atoms with van der Waals surface area (Å²) in [6.07, 6.45) is 0. The Morgan fingerprint density at radius 2 is 0.554 bits per heavy atom. The van der Waals surface area contributed by atoms with Gasteiger partial charge in [0.2, 0.25) is 0 Å². The monoisotopic (exact) mass is 1060 g/mol. The predicted molar refractivity (Wildman–Crippen MR) is 341 cm³/mol. The van der Waals surface area contributed by atoms with Crippen molar-refractivity contribution in [2.75, 3.05) is 0 Å². The number of aromatic nitrogens is 7. The maximum Gasteiger partial charge on any atom is 0.167 e. The standard InChI is InChI=1S/C75H45N7O/c1-3-19-46(20-4-1)73-76-74(47-21-5-2-6-22-47)78-75(77-73)58-30-17-28-56-57-29-18-36-70(72(57)83-71(56)58)82-66-35-16-11-27-55(66)59-43-48(39-42-69(59)82)81-67-40-37-49(79-62-31-12-7-23-51(62)52-24-8-13-32-63(52)79)44-60(67)61-45-50(38-41-68(61)81)80-64-33-14-9-25-53(64)54-26-10-15-34-65(54)80/h1-45H. The molecule has 0 aliphatic carbocycles. The highest BCUT2D eigenvalue weighted by Gasteiger charge is 2.24. The topological polar surface area (TPSA) is 71.5 Å². The van der Waals surface area contributed by atoms with Crippen molar-refractivity contribution in [1.29, 1.82) is 0 Å². The zero-order valence-electron chi connectivity index (χ0n) is 44.5. The van der Waals surface area contributed by atoms with Gasteiger partial charge in [0, 0.05) is 82.1 Å². The van der Waals surface area contributed by atoms with E-state index in [1.807, 2.05) is 60.7 Å². The van der Waals surface area contributed by atoms with Gasteiger partial charge in [-0.15, -0.1) is 0 Å². The second-order valence-corrected chi connectivity index (χ2v) is 21.5. The molecule has 6 aromatic heterocycles. The van der Waals surface area contributed by atoms with Gasteiger partial charge in [0.05, 0.1) is 55.4 Å². The molecular weight excluding hydrogens is 1010 g/mol. The SMILES string of the molecule is c1ccc(-c2nc(-c3ccccc3)nc(-c3cccc4c3oc3c(-n5c6ccccc6c6cc(-n7c8ccc(-n9c%10ccccc%10c%10ccccc%109)cc8c8cc(-n9c%10ccccc%10c%10ccccc%109)ccc87)ccc65)cccc34)n2)cc1. The maximum absolute atomic E-state index is 7.20. The number of hydrogen-bond acceptors (Lipinski definition) is 4. The summed E-state index contributed by atoms with van der Waals surface area (Å²) in [5.74, 6) is 1.74. The van der Waals surface area contributed by atoms with Crippen molar-refractivity contribution in [2.45, 2.75) is 0 Å². The van der Waals surface area contributed by atoms with Crippen LogP contribution in [0.25, 0.3) is 166 Å². The lowest BCUT2D eigenvalue weighted by molar-refractivity contribution is 0.667. The van der Waals surface area contributed by atoms with Gasteiger partial charge in [0.25, 0.3) is 0 Å². The van der Waals surface area contributed by atoms with E-state index in [4.69, 9.17) is 19.4 Å². The molecule has 0 radical (unpaired) electrons. The molecule has 0 bridgehead atoms. The van der Waals surface area contributed by atoms with Crippen molar-refractivity contribution < 1.29 is 4.42 Å². The van der Waals surface area contributed by atoms with E-state index in [-0.39, 0.29) is 0 Å². The minimum absolute atomic E-state index is 0.546. The van der Waals surface area contributed by atoms with Crippen LogP contribution in [0.15, 0.2) is 277 Å². The fourth-order valence-electron chi connectivity index (χ4n) is 13.4. The first kappa shape index (κ1) is 45.5. The van der Waals surface area contributed by atoms with Gasteiger partial charge in [-0.1, -0.05) is 176 Å². The Balaban J connectivity index is 0.840. The fraction of sp³-hybridized carbons (Fsp3) is 0. The van der Waals surface area contributed by atoms with Gasteiger partial charge in [-0.05, 0) is 97.1 Å². The summed E-state index contributed by atoms with van der Waals surface area (Å²) in [6, 6.07) is 97.6. The lowest BCUT2D eigenvalue weighted by Gasteiger charge is -2.12. The highest BCUT2D eigenvalue weighted by atomic mass is 16.3. The summed E-state index contributed by atoms with van der Waals surface area (Å²) in [6.45, 7) is 0. The number of fused-ring (bicyclic) bond motifs is 15. The van der Waals surface area contributed by atoms with E-state index in [1.54, 1.807) is 0 Å². The third-order valence-corrected chi connectivity index (χ3v) is 17.0. The predicted octanol–water partition coefficient (Wildman–Crippen LogP) is 19.2. The summed E-state index contributed by atoms with van der Waals surface area (Å²) in [5.41, 5.74) is 17.5. The molecule has 83 heavy (non-hydrogen) atoms. The van der Waals surface area contributed by atoms with E-state index in [9.17, 15) is 0 Å². The van der Waals surface area contributed by atoms with Crippen molar-refractivity contribution in [1.82, 2.24) is 33.2 Å². The van der Waals surface area contributed by atoms with Gasteiger partial charge in [0.1, 0.15) is 5.58 Å². The second-order valence-electron chi connectivity index (χ2n) is 21.5. The molecule has 0 saturated heterocycles. The van der Waals surface area contributed by atoms with Gasteiger partial charge in [-0.2, -0.15) is 0 Å². The molecule has 18 aromatic rings. The molecule has 0 N–H and O–H groups in total. The van der Waals surface area contributed by atoms with Gasteiger partial charge in [-0.25, -0.2) is 15.0 Å². The van der Waals surface area contributed by atoms with E-state index in [0.29, 0.717) is 17.5 Å². The van der Waals surface area contributed by atoms with Gasteiger partial charge in [0.15, 0.2) is 23.1 Å². The molecule has 386 valence electrons. The van der Waals surface area contributed by atoms with Crippen molar-refractivity contribution in [2.24, 2.45) is 0 Å². The number of nitrogens with zero attached hydrogens (tertiary/aromatic N) is 7. The smallest absolute Gasteiger partial charge is 0.167 e.